The number of rotatable bonds is 6. The second-order valence-corrected chi connectivity index (χ2v) is 5.43. The zero-order chi connectivity index (χ0) is 16.5. The van der Waals surface area contributed by atoms with E-state index in [9.17, 15) is 9.18 Å². The highest BCUT2D eigenvalue weighted by atomic mass is 32.1. The van der Waals surface area contributed by atoms with Crippen molar-refractivity contribution in [3.8, 4) is 5.75 Å². The minimum atomic E-state index is -0.863. The first-order valence-electron chi connectivity index (χ1n) is 6.94. The van der Waals surface area contributed by atoms with Crippen molar-refractivity contribution in [1.82, 2.24) is 16.2 Å². The Morgan fingerprint density at radius 1 is 1.36 bits per heavy atom. The predicted molar refractivity (Wildman–Crippen MR) is 86.0 cm³/mol. The van der Waals surface area contributed by atoms with Crippen LogP contribution in [0.1, 0.15) is 6.92 Å². The summed E-state index contributed by atoms with van der Waals surface area (Å²) in [7, 11) is 4.06. The third-order valence-electron chi connectivity index (χ3n) is 2.72. The minimum Gasteiger partial charge on any atom is -0.478 e. The second-order valence-electron chi connectivity index (χ2n) is 5.02. The van der Waals surface area contributed by atoms with E-state index in [1.807, 2.05) is 14.1 Å². The van der Waals surface area contributed by atoms with Crippen LogP contribution in [0.3, 0.4) is 0 Å². The van der Waals surface area contributed by atoms with Crippen LogP contribution in [0.5, 0.6) is 5.75 Å². The normalized spacial score (nSPS) is 11.7. The molecule has 0 spiro atoms. The molecule has 1 aromatic carbocycles. The smallest absolute Gasteiger partial charge is 0.279 e. The fraction of sp³-hybridized carbons (Fsp3) is 0.429. The first kappa shape index (κ1) is 18.1. The van der Waals surface area contributed by atoms with Gasteiger partial charge in [0.05, 0.1) is 27.2 Å². The lowest BCUT2D eigenvalue weighted by atomic mass is 10.3. The van der Waals surface area contributed by atoms with Gasteiger partial charge in [-0.2, -0.15) is 0 Å². The summed E-state index contributed by atoms with van der Waals surface area (Å²) in [6.07, 6.45) is -0.863. The van der Waals surface area contributed by atoms with Crippen molar-refractivity contribution in [2.24, 2.45) is 0 Å². The molecule has 0 aromatic heterocycles. The first-order valence-corrected chi connectivity index (χ1v) is 7.35. The molecule has 22 heavy (non-hydrogen) atoms. The van der Waals surface area contributed by atoms with Crippen LogP contribution in [0.15, 0.2) is 24.3 Å². The minimum absolute atomic E-state index is 0.0276. The number of hydrogen-bond donors (Lipinski definition) is 4. The number of amides is 1. The molecule has 4 N–H and O–H groups in total. The lowest BCUT2D eigenvalue weighted by molar-refractivity contribution is -0.856. The Balaban J connectivity index is 2.32. The van der Waals surface area contributed by atoms with E-state index < -0.39 is 17.8 Å². The number of quaternary nitrogens is 1. The Kier molecular flexibility index (Phi) is 7.55. The lowest BCUT2D eigenvalue weighted by Crippen LogP contribution is -3.06. The van der Waals surface area contributed by atoms with Gasteiger partial charge in [0, 0.05) is 0 Å². The van der Waals surface area contributed by atoms with Gasteiger partial charge in [0.15, 0.2) is 22.8 Å². The van der Waals surface area contributed by atoms with Crippen LogP contribution in [0.2, 0.25) is 0 Å². The van der Waals surface area contributed by atoms with Gasteiger partial charge >= 0.3 is 0 Å². The molecule has 0 unspecified atom stereocenters. The first-order chi connectivity index (χ1) is 10.4. The van der Waals surface area contributed by atoms with Crippen LogP contribution in [-0.2, 0) is 4.79 Å². The molecule has 0 heterocycles. The van der Waals surface area contributed by atoms with E-state index in [-0.39, 0.29) is 5.75 Å². The van der Waals surface area contributed by atoms with E-state index in [0.717, 1.165) is 6.54 Å². The van der Waals surface area contributed by atoms with Crippen molar-refractivity contribution in [2.45, 2.75) is 13.0 Å². The number of likely N-dealkylation sites (N-methyl/N-ethyl adjacent to an activating group) is 1. The van der Waals surface area contributed by atoms with Gasteiger partial charge in [-0.05, 0) is 31.3 Å². The topological polar surface area (TPSA) is 66.8 Å². The van der Waals surface area contributed by atoms with Crippen molar-refractivity contribution in [2.75, 3.05) is 27.2 Å². The molecule has 1 aromatic rings. The molecule has 1 rings (SSSR count). The summed E-state index contributed by atoms with van der Waals surface area (Å²) in [6.45, 7) is 3.10. The third kappa shape index (κ3) is 6.68. The SMILES string of the molecule is C[C@@H](Oc1ccccc1F)C(=O)NNC(=S)NCC[NH+](C)C. The highest BCUT2D eigenvalue weighted by Crippen LogP contribution is 2.16. The fourth-order valence-electron chi connectivity index (χ4n) is 1.47. The Bertz CT molecular complexity index is 513. The van der Waals surface area contributed by atoms with Crippen molar-refractivity contribution in [3.05, 3.63) is 30.1 Å². The Labute approximate surface area is 135 Å². The number of hydrogen-bond acceptors (Lipinski definition) is 3. The van der Waals surface area contributed by atoms with Gasteiger partial charge in [0.25, 0.3) is 5.91 Å². The lowest BCUT2D eigenvalue weighted by Gasteiger charge is -2.17. The zero-order valence-corrected chi connectivity index (χ0v) is 13.7. The molecule has 0 aliphatic carbocycles. The standard InChI is InChI=1S/C14H21FN4O2S/c1-10(21-12-7-5-4-6-11(12)15)13(20)17-18-14(22)16-8-9-19(2)3/h4-7,10H,8-9H2,1-3H3,(H,17,20)(H2,16,18,22)/p+1/t10-/m1/s1. The van der Waals surface area contributed by atoms with Gasteiger partial charge in [0.2, 0.25) is 0 Å². The maximum atomic E-state index is 13.4. The van der Waals surface area contributed by atoms with E-state index in [4.69, 9.17) is 17.0 Å². The Morgan fingerprint density at radius 2 is 2.05 bits per heavy atom. The molecule has 6 nitrogen and oxygen atoms in total. The molecule has 1 atom stereocenters. The summed E-state index contributed by atoms with van der Waals surface area (Å²) >= 11 is 5.01. The molecule has 0 saturated carbocycles. The second kappa shape index (κ2) is 9.16. The van der Waals surface area contributed by atoms with E-state index in [1.165, 1.54) is 24.0 Å². The number of ether oxygens (including phenoxy) is 1. The quantitative estimate of drug-likeness (QED) is 0.408. The van der Waals surface area contributed by atoms with E-state index in [2.05, 4.69) is 16.2 Å². The van der Waals surface area contributed by atoms with Crippen LogP contribution in [0.25, 0.3) is 0 Å². The molecule has 0 aliphatic rings. The van der Waals surface area contributed by atoms with Crippen LogP contribution in [0.4, 0.5) is 4.39 Å². The number of para-hydroxylation sites is 1. The van der Waals surface area contributed by atoms with Crippen molar-refractivity contribution in [1.29, 1.82) is 0 Å². The number of benzene rings is 1. The van der Waals surface area contributed by atoms with Crippen LogP contribution in [-0.4, -0.2) is 44.3 Å². The number of carbonyl (C=O) groups excluding carboxylic acids is 1. The number of carbonyl (C=O) groups is 1. The van der Waals surface area contributed by atoms with Crippen LogP contribution >= 0.6 is 12.2 Å². The largest absolute Gasteiger partial charge is 0.478 e. The predicted octanol–water partition coefficient (Wildman–Crippen LogP) is -0.767. The summed E-state index contributed by atoms with van der Waals surface area (Å²) in [5, 5.41) is 3.26. The van der Waals surface area contributed by atoms with Crippen molar-refractivity contribution >= 4 is 23.2 Å². The summed E-state index contributed by atoms with van der Waals surface area (Å²) in [6, 6.07) is 5.91. The van der Waals surface area contributed by atoms with Gasteiger partial charge in [-0.3, -0.25) is 15.6 Å². The highest BCUT2D eigenvalue weighted by Gasteiger charge is 2.16. The molecule has 1 amide bonds. The van der Waals surface area contributed by atoms with Crippen LogP contribution in [0, 0.1) is 5.82 Å². The molecular formula is C14H22FN4O2S+. The summed E-state index contributed by atoms with van der Waals surface area (Å²) in [5.74, 6) is -0.941. The number of nitrogens with one attached hydrogen (secondary N) is 4. The van der Waals surface area contributed by atoms with Gasteiger partial charge in [-0.15, -0.1) is 0 Å². The van der Waals surface area contributed by atoms with Gasteiger partial charge in [-0.1, -0.05) is 12.1 Å². The summed E-state index contributed by atoms with van der Waals surface area (Å²) in [4.78, 5) is 13.1. The molecule has 0 bridgehead atoms. The van der Waals surface area contributed by atoms with Gasteiger partial charge in [0.1, 0.15) is 0 Å². The highest BCUT2D eigenvalue weighted by molar-refractivity contribution is 7.80. The number of hydrazine groups is 1. The average Bonchev–Trinajstić information content (AvgIpc) is 2.46. The molecule has 0 saturated heterocycles. The Morgan fingerprint density at radius 3 is 2.68 bits per heavy atom. The van der Waals surface area contributed by atoms with Gasteiger partial charge < -0.3 is 15.0 Å². The van der Waals surface area contributed by atoms with Crippen LogP contribution < -0.4 is 25.8 Å². The fourth-order valence-corrected chi connectivity index (χ4v) is 1.63. The number of halogens is 1. The number of thiocarbonyl (C=S) groups is 1. The van der Waals surface area contributed by atoms with E-state index in [0.29, 0.717) is 11.7 Å². The third-order valence-corrected chi connectivity index (χ3v) is 2.97. The molecule has 8 heteroatoms. The molecule has 122 valence electrons. The summed E-state index contributed by atoms with van der Waals surface area (Å²) in [5.41, 5.74) is 4.99. The van der Waals surface area contributed by atoms with Crippen molar-refractivity contribution in [3.63, 3.8) is 0 Å². The average molecular weight is 329 g/mol. The zero-order valence-electron chi connectivity index (χ0n) is 12.9. The molecule has 0 aliphatic heterocycles. The molecular weight excluding hydrogens is 307 g/mol. The molecule has 0 radical (unpaired) electrons. The van der Waals surface area contributed by atoms with E-state index in [1.54, 1.807) is 12.1 Å². The molecule has 0 fully saturated rings. The maximum Gasteiger partial charge on any atom is 0.279 e. The van der Waals surface area contributed by atoms with Gasteiger partial charge in [-0.25, -0.2) is 4.39 Å². The monoisotopic (exact) mass is 329 g/mol. The maximum absolute atomic E-state index is 13.4. The van der Waals surface area contributed by atoms with Crippen molar-refractivity contribution < 1.29 is 18.8 Å². The Hall–Kier alpha value is -1.93. The summed E-state index contributed by atoms with van der Waals surface area (Å²) < 4.78 is 18.7. The van der Waals surface area contributed by atoms with E-state index >= 15 is 0 Å².